The molecule has 26 heavy (non-hydrogen) atoms. The Morgan fingerprint density at radius 1 is 1.31 bits per heavy atom. The Kier molecular flexibility index (Phi) is 4.64. The molecule has 3 heterocycles. The van der Waals surface area contributed by atoms with E-state index < -0.39 is 43.3 Å². The molecule has 1 amide bonds. The summed E-state index contributed by atoms with van der Waals surface area (Å²) in [5, 5.41) is 31.4. The summed E-state index contributed by atoms with van der Waals surface area (Å²) < 4.78 is 6.19. The highest BCUT2D eigenvalue weighted by Gasteiger charge is 2.45. The van der Waals surface area contributed by atoms with Crippen LogP contribution >= 0.6 is 0 Å². The Morgan fingerprint density at radius 3 is 2.50 bits per heavy atom. The van der Waals surface area contributed by atoms with Crippen LogP contribution < -0.4 is 27.4 Å². The first kappa shape index (κ1) is 17.9. The second-order valence-corrected chi connectivity index (χ2v) is 5.51. The van der Waals surface area contributed by atoms with E-state index in [0.29, 0.717) is 0 Å². The number of aromatic nitrogens is 2. The molecule has 10 N–H and O–H groups in total. The van der Waals surface area contributed by atoms with Crippen molar-refractivity contribution in [1.82, 2.24) is 15.0 Å². The predicted octanol–water partition coefficient (Wildman–Crippen LogP) is -4.92. The number of aliphatic hydroxyl groups is 3. The summed E-state index contributed by atoms with van der Waals surface area (Å²) in [6, 6.07) is 0. The lowest BCUT2D eigenvalue weighted by Crippen LogP contribution is -2.45. The van der Waals surface area contributed by atoms with Crippen LogP contribution in [0.25, 0.3) is 0 Å². The van der Waals surface area contributed by atoms with E-state index in [-0.39, 0.29) is 23.3 Å². The van der Waals surface area contributed by atoms with Crippen molar-refractivity contribution < 1.29 is 29.7 Å². The molecular formula is C12H18N8O6. The molecule has 14 heteroatoms. The topological polar surface area (TPSA) is 229 Å². The van der Waals surface area contributed by atoms with Gasteiger partial charge in [0, 0.05) is 0 Å². The van der Waals surface area contributed by atoms with Crippen LogP contribution in [0.5, 0.6) is 0 Å². The molecule has 2 aliphatic rings. The number of rotatable bonds is 5. The molecule has 142 valence electrons. The lowest BCUT2D eigenvalue weighted by molar-refractivity contribution is -0.172. The third-order valence-corrected chi connectivity index (χ3v) is 3.74. The quantitative estimate of drug-likeness (QED) is 0.261. The predicted molar refractivity (Wildman–Crippen MR) is 84.2 cm³/mol. The minimum absolute atomic E-state index is 0.0114. The van der Waals surface area contributed by atoms with Gasteiger partial charge in [0.05, 0.1) is 6.61 Å². The standard InChI is InChI=1S/C12H18N8O6/c13-8(24)4-5(9-17-11(14)19-12(15)18-9)20(2-16-4)26-10-7(23)6(22)3(1-21)25-10/h2-3,6-7,9-10,21-23H,1H2,(H2,13,24)(H5,14,15,17,18,19)/t3-,6-,7-,10-/m1/s1. The third kappa shape index (κ3) is 3.13. The normalized spacial score (nSPS) is 29.0. The fourth-order valence-corrected chi connectivity index (χ4v) is 2.53. The Morgan fingerprint density at radius 2 is 1.96 bits per heavy atom. The van der Waals surface area contributed by atoms with Gasteiger partial charge in [0.1, 0.15) is 30.3 Å². The minimum Gasteiger partial charge on any atom is -0.394 e. The van der Waals surface area contributed by atoms with Crippen LogP contribution in [0.1, 0.15) is 22.3 Å². The van der Waals surface area contributed by atoms with E-state index in [1.54, 1.807) is 0 Å². The van der Waals surface area contributed by atoms with E-state index in [1.165, 1.54) is 0 Å². The van der Waals surface area contributed by atoms with Gasteiger partial charge in [-0.2, -0.15) is 4.73 Å². The first-order chi connectivity index (χ1) is 12.3. The maximum Gasteiger partial charge on any atom is 0.269 e. The lowest BCUT2D eigenvalue weighted by Gasteiger charge is -2.21. The van der Waals surface area contributed by atoms with Crippen molar-refractivity contribution in [3.63, 3.8) is 0 Å². The molecule has 0 aliphatic carbocycles. The molecule has 1 saturated heterocycles. The van der Waals surface area contributed by atoms with Gasteiger partial charge in [0.2, 0.25) is 0 Å². The monoisotopic (exact) mass is 370 g/mol. The molecule has 0 aromatic carbocycles. The van der Waals surface area contributed by atoms with Gasteiger partial charge in [-0.1, -0.05) is 0 Å². The highest BCUT2D eigenvalue weighted by molar-refractivity contribution is 5.99. The van der Waals surface area contributed by atoms with Crippen molar-refractivity contribution >= 4 is 17.8 Å². The van der Waals surface area contributed by atoms with Crippen molar-refractivity contribution in [2.24, 2.45) is 27.2 Å². The van der Waals surface area contributed by atoms with Crippen LogP contribution in [0.15, 0.2) is 16.3 Å². The van der Waals surface area contributed by atoms with Gasteiger partial charge < -0.3 is 42.1 Å². The zero-order valence-corrected chi connectivity index (χ0v) is 13.3. The van der Waals surface area contributed by atoms with E-state index in [2.05, 4.69) is 20.3 Å². The van der Waals surface area contributed by atoms with E-state index in [4.69, 9.17) is 31.9 Å². The van der Waals surface area contributed by atoms with Gasteiger partial charge in [-0.3, -0.25) is 10.1 Å². The van der Waals surface area contributed by atoms with Crippen LogP contribution in [0.3, 0.4) is 0 Å². The molecule has 3 rings (SSSR count). The van der Waals surface area contributed by atoms with Gasteiger partial charge in [-0.15, -0.1) is 0 Å². The third-order valence-electron chi connectivity index (χ3n) is 3.74. The number of ether oxygens (including phenoxy) is 1. The number of aliphatic hydroxyl groups excluding tert-OH is 3. The van der Waals surface area contributed by atoms with Crippen LogP contribution in [0.4, 0.5) is 0 Å². The number of nitrogens with one attached hydrogen (secondary N) is 1. The summed E-state index contributed by atoms with van der Waals surface area (Å²) in [6.45, 7) is -0.530. The maximum absolute atomic E-state index is 11.7. The van der Waals surface area contributed by atoms with Crippen LogP contribution in [0, 0.1) is 0 Å². The van der Waals surface area contributed by atoms with Crippen LogP contribution in [-0.2, 0) is 4.74 Å². The average Bonchev–Trinajstić information content (AvgIpc) is 3.10. The molecule has 0 saturated carbocycles. The minimum atomic E-state index is -1.46. The number of guanidine groups is 2. The molecule has 0 spiro atoms. The van der Waals surface area contributed by atoms with E-state index in [9.17, 15) is 15.0 Å². The SMILES string of the molecule is NC(=O)c1ncn(O[C@H]2O[C@H](CO)[C@@H](O)[C@H]2O)c1C1N=C(N)NC(N)=N1. The number of amides is 1. The zero-order valence-electron chi connectivity index (χ0n) is 13.3. The number of hydrogen-bond acceptors (Lipinski definition) is 12. The Bertz CT molecular complexity index is 745. The van der Waals surface area contributed by atoms with Gasteiger partial charge in [-0.05, 0) is 0 Å². The summed E-state index contributed by atoms with van der Waals surface area (Å²) in [6.07, 6.45) is -5.25. The summed E-state index contributed by atoms with van der Waals surface area (Å²) in [5.41, 5.74) is 16.3. The zero-order chi connectivity index (χ0) is 19.0. The molecule has 4 atom stereocenters. The number of hydrogen-bond donors (Lipinski definition) is 7. The van der Waals surface area contributed by atoms with Crippen molar-refractivity contribution in [2.45, 2.75) is 30.8 Å². The second-order valence-electron chi connectivity index (χ2n) is 5.51. The number of nitrogens with two attached hydrogens (primary N) is 3. The summed E-state index contributed by atoms with van der Waals surface area (Å²) in [4.78, 5) is 28.9. The molecular weight excluding hydrogens is 352 g/mol. The lowest BCUT2D eigenvalue weighted by atomic mass is 10.1. The second kappa shape index (κ2) is 6.75. The highest BCUT2D eigenvalue weighted by atomic mass is 16.8. The molecule has 1 aromatic rings. The number of imidazole rings is 1. The Hall–Kier alpha value is -2.94. The number of carbonyl (C=O) groups is 1. The first-order valence-corrected chi connectivity index (χ1v) is 7.42. The molecule has 14 nitrogen and oxygen atoms in total. The first-order valence-electron chi connectivity index (χ1n) is 7.42. The molecule has 1 fully saturated rings. The van der Waals surface area contributed by atoms with Crippen LogP contribution in [0.2, 0.25) is 0 Å². The molecule has 0 bridgehead atoms. The fraction of sp³-hybridized carbons (Fsp3) is 0.500. The van der Waals surface area contributed by atoms with E-state index >= 15 is 0 Å². The molecule has 0 radical (unpaired) electrons. The smallest absolute Gasteiger partial charge is 0.269 e. The van der Waals surface area contributed by atoms with Gasteiger partial charge in [0.15, 0.2) is 23.8 Å². The summed E-state index contributed by atoms with van der Waals surface area (Å²) >= 11 is 0. The van der Waals surface area contributed by atoms with Gasteiger partial charge >= 0.3 is 0 Å². The Labute approximate surface area is 145 Å². The fourth-order valence-electron chi connectivity index (χ4n) is 2.53. The highest BCUT2D eigenvalue weighted by Crippen LogP contribution is 2.26. The number of primary amides is 1. The number of nitrogens with zero attached hydrogens (tertiary/aromatic N) is 4. The molecule has 1 aromatic heterocycles. The largest absolute Gasteiger partial charge is 0.394 e. The van der Waals surface area contributed by atoms with E-state index in [1.807, 2.05) is 0 Å². The van der Waals surface area contributed by atoms with Crippen molar-refractivity contribution in [3.8, 4) is 0 Å². The van der Waals surface area contributed by atoms with Gasteiger partial charge in [-0.25, -0.2) is 15.0 Å². The summed E-state index contributed by atoms with van der Waals surface area (Å²) in [7, 11) is 0. The average molecular weight is 370 g/mol. The maximum atomic E-state index is 11.7. The number of aliphatic imine (C=N–C) groups is 2. The Balaban J connectivity index is 1.94. The summed E-state index contributed by atoms with van der Waals surface area (Å²) in [5.74, 6) is -0.998. The van der Waals surface area contributed by atoms with Crippen molar-refractivity contribution in [1.29, 1.82) is 0 Å². The number of carbonyl (C=O) groups excluding carboxylic acids is 1. The van der Waals surface area contributed by atoms with E-state index in [0.717, 1.165) is 11.1 Å². The van der Waals surface area contributed by atoms with Crippen molar-refractivity contribution in [2.75, 3.05) is 6.61 Å². The molecule has 0 unspecified atom stereocenters. The molecule has 2 aliphatic heterocycles. The van der Waals surface area contributed by atoms with Crippen LogP contribution in [-0.4, -0.2) is 74.1 Å². The van der Waals surface area contributed by atoms with Gasteiger partial charge in [0.25, 0.3) is 12.2 Å². The van der Waals surface area contributed by atoms with Crippen molar-refractivity contribution in [3.05, 3.63) is 17.7 Å².